The zero-order chi connectivity index (χ0) is 27.9. The zero-order valence-corrected chi connectivity index (χ0v) is 26.9. The lowest BCUT2D eigenvalue weighted by atomic mass is 9.44. The molecular weight excluding hydrogens is 493 g/mol. The summed E-state index contributed by atoms with van der Waals surface area (Å²) in [5, 5.41) is 0. The highest BCUT2D eigenvalue weighted by atomic mass is 31.2. The Bertz CT molecular complexity index is 842. The maximum absolute atomic E-state index is 12.6. The molecule has 4 saturated carbocycles. The van der Waals surface area contributed by atoms with Crippen LogP contribution in [0, 0.1) is 52.3 Å². The van der Waals surface area contributed by atoms with E-state index in [1.54, 1.807) is 0 Å². The van der Waals surface area contributed by atoms with Gasteiger partial charge in [-0.25, -0.2) is 0 Å². The Balaban J connectivity index is 1.35. The number of hydrogen-bond acceptors (Lipinski definition) is 4. The van der Waals surface area contributed by atoms with Crippen LogP contribution in [-0.4, -0.2) is 44.9 Å². The van der Waals surface area contributed by atoms with Crippen molar-refractivity contribution in [3.63, 3.8) is 0 Å². The predicted octanol–water partition coefficient (Wildman–Crippen LogP) is 7.68. The molecule has 222 valence electrons. The molecule has 0 heterocycles. The van der Waals surface area contributed by atoms with Crippen molar-refractivity contribution in [3.05, 3.63) is 0 Å². The Hall–Kier alpha value is 0.0700. The van der Waals surface area contributed by atoms with Gasteiger partial charge in [-0.3, -0.25) is 4.57 Å². The summed E-state index contributed by atoms with van der Waals surface area (Å²) in [4.78, 5) is 12.6. The van der Waals surface area contributed by atoms with E-state index in [-0.39, 0.29) is 12.7 Å². The van der Waals surface area contributed by atoms with E-state index in [4.69, 9.17) is 9.05 Å². The number of likely N-dealkylation sites (N-methyl/N-ethyl adjacent to an activating group) is 1. The molecule has 0 saturated heterocycles. The standard InChI is InChI=1S/C32H60NO4P/c1-23(2)10-9-11-24(3)28-14-15-29-27-13-12-25-22-26(37-38(34,35)36-21-20-33(6,7)8)16-18-31(25,4)30(27)17-19-32(28,29)5/h23-30H,9-22H2,1-8H3. The molecular formula is C32H60NO4P. The highest BCUT2D eigenvalue weighted by Gasteiger charge is 2.60. The van der Waals surface area contributed by atoms with Crippen LogP contribution in [-0.2, 0) is 13.6 Å². The third-order valence-electron chi connectivity index (χ3n) is 12.1. The summed E-state index contributed by atoms with van der Waals surface area (Å²) in [6, 6.07) is 0. The van der Waals surface area contributed by atoms with E-state index in [9.17, 15) is 9.46 Å². The monoisotopic (exact) mass is 553 g/mol. The molecule has 10 unspecified atom stereocenters. The van der Waals surface area contributed by atoms with Gasteiger partial charge < -0.3 is 18.4 Å². The quantitative estimate of drug-likeness (QED) is 0.194. The van der Waals surface area contributed by atoms with Crippen LogP contribution in [0.25, 0.3) is 0 Å². The fraction of sp³-hybridized carbons (Fsp3) is 1.00. The van der Waals surface area contributed by atoms with Crippen LogP contribution in [0.1, 0.15) is 112 Å². The molecule has 10 atom stereocenters. The minimum Gasteiger partial charge on any atom is -0.756 e. The second-order valence-electron chi connectivity index (χ2n) is 16.0. The fourth-order valence-corrected chi connectivity index (χ4v) is 10.9. The van der Waals surface area contributed by atoms with Gasteiger partial charge in [0.1, 0.15) is 13.2 Å². The van der Waals surface area contributed by atoms with Crippen LogP contribution in [0.4, 0.5) is 0 Å². The van der Waals surface area contributed by atoms with Crippen LogP contribution in [0.2, 0.25) is 0 Å². The molecule has 0 N–H and O–H groups in total. The van der Waals surface area contributed by atoms with Crippen LogP contribution >= 0.6 is 7.82 Å². The SMILES string of the molecule is CC(C)CCCC(C)C1CCC2C3CCC4CC(OP(=O)([O-])OCC[N+](C)(C)C)CCC4(C)C3CCC12C. The number of nitrogens with zero attached hydrogens (tertiary/aromatic N) is 1. The maximum Gasteiger partial charge on any atom is 0.268 e. The predicted molar refractivity (Wildman–Crippen MR) is 154 cm³/mol. The van der Waals surface area contributed by atoms with Gasteiger partial charge in [0.15, 0.2) is 0 Å². The summed E-state index contributed by atoms with van der Waals surface area (Å²) in [5.74, 6) is 5.71. The van der Waals surface area contributed by atoms with E-state index in [0.29, 0.717) is 27.8 Å². The van der Waals surface area contributed by atoms with Gasteiger partial charge in [-0.1, -0.05) is 53.9 Å². The largest absolute Gasteiger partial charge is 0.756 e. The summed E-state index contributed by atoms with van der Waals surface area (Å²) >= 11 is 0. The van der Waals surface area contributed by atoms with Gasteiger partial charge in [0.25, 0.3) is 7.82 Å². The van der Waals surface area contributed by atoms with E-state index in [1.165, 1.54) is 57.8 Å². The van der Waals surface area contributed by atoms with Gasteiger partial charge in [0.2, 0.25) is 0 Å². The highest BCUT2D eigenvalue weighted by molar-refractivity contribution is 7.45. The minimum atomic E-state index is -4.26. The van der Waals surface area contributed by atoms with Gasteiger partial charge >= 0.3 is 0 Å². The Labute approximate surface area is 235 Å². The van der Waals surface area contributed by atoms with Crippen molar-refractivity contribution in [2.75, 3.05) is 34.3 Å². The normalized spacial score (nSPS) is 41.7. The summed E-state index contributed by atoms with van der Waals surface area (Å²) < 4.78 is 24.2. The molecule has 0 spiro atoms. The lowest BCUT2D eigenvalue weighted by Crippen LogP contribution is -2.54. The van der Waals surface area contributed by atoms with Crippen molar-refractivity contribution in [2.45, 2.75) is 118 Å². The molecule has 0 aromatic heterocycles. The summed E-state index contributed by atoms with van der Waals surface area (Å²) in [6.45, 7) is 13.3. The molecule has 0 amide bonds. The Kier molecular flexibility index (Phi) is 9.59. The Morgan fingerprint density at radius 1 is 0.921 bits per heavy atom. The smallest absolute Gasteiger partial charge is 0.268 e. The van der Waals surface area contributed by atoms with Crippen LogP contribution in [0.5, 0.6) is 0 Å². The number of phosphoric acid groups is 1. The first-order valence-electron chi connectivity index (χ1n) is 16.1. The number of quaternary nitrogens is 1. The van der Waals surface area contributed by atoms with Gasteiger partial charge in [0.05, 0.1) is 27.2 Å². The first kappa shape index (κ1) is 31.0. The Morgan fingerprint density at radius 3 is 2.29 bits per heavy atom. The van der Waals surface area contributed by atoms with E-state index in [2.05, 4.69) is 34.6 Å². The molecule has 0 bridgehead atoms. The van der Waals surface area contributed by atoms with Gasteiger partial charge in [-0.15, -0.1) is 0 Å². The lowest BCUT2D eigenvalue weighted by molar-refractivity contribution is -0.870. The second-order valence-corrected chi connectivity index (χ2v) is 17.3. The van der Waals surface area contributed by atoms with Crippen molar-refractivity contribution < 1.29 is 23.0 Å². The molecule has 4 rings (SSSR count). The summed E-state index contributed by atoms with van der Waals surface area (Å²) in [7, 11) is 1.84. The van der Waals surface area contributed by atoms with Crippen LogP contribution in [0.3, 0.4) is 0 Å². The number of hydrogen-bond donors (Lipinski definition) is 0. The molecule has 5 nitrogen and oxygen atoms in total. The minimum absolute atomic E-state index is 0.180. The van der Waals surface area contributed by atoms with Crippen molar-refractivity contribution in [2.24, 2.45) is 52.3 Å². The van der Waals surface area contributed by atoms with Crippen molar-refractivity contribution in [3.8, 4) is 0 Å². The first-order chi connectivity index (χ1) is 17.6. The van der Waals surface area contributed by atoms with Gasteiger partial charge in [-0.2, -0.15) is 0 Å². The molecule has 0 aliphatic heterocycles. The zero-order valence-electron chi connectivity index (χ0n) is 26.0. The van der Waals surface area contributed by atoms with E-state index < -0.39 is 7.82 Å². The molecule has 4 aliphatic carbocycles. The lowest BCUT2D eigenvalue weighted by Gasteiger charge is -2.61. The fourth-order valence-electron chi connectivity index (χ4n) is 9.98. The number of phosphoric ester groups is 1. The topological polar surface area (TPSA) is 58.6 Å². The van der Waals surface area contributed by atoms with Crippen molar-refractivity contribution in [1.29, 1.82) is 0 Å². The maximum atomic E-state index is 12.6. The van der Waals surface area contributed by atoms with E-state index in [0.717, 1.165) is 54.8 Å². The van der Waals surface area contributed by atoms with Crippen molar-refractivity contribution >= 4 is 7.82 Å². The van der Waals surface area contributed by atoms with E-state index >= 15 is 0 Å². The van der Waals surface area contributed by atoms with Crippen LogP contribution in [0.15, 0.2) is 0 Å². The molecule has 0 aromatic rings. The van der Waals surface area contributed by atoms with Crippen LogP contribution < -0.4 is 4.89 Å². The van der Waals surface area contributed by atoms with Gasteiger partial charge in [0, 0.05) is 0 Å². The number of fused-ring (bicyclic) bond motifs is 5. The Morgan fingerprint density at radius 2 is 1.61 bits per heavy atom. The average Bonchev–Trinajstić information content (AvgIpc) is 3.15. The highest BCUT2D eigenvalue weighted by Crippen LogP contribution is 2.68. The molecule has 0 aromatic carbocycles. The number of rotatable bonds is 11. The van der Waals surface area contributed by atoms with E-state index in [1.807, 2.05) is 21.1 Å². The molecule has 38 heavy (non-hydrogen) atoms. The summed E-state index contributed by atoms with van der Waals surface area (Å²) in [5.41, 5.74) is 0.864. The van der Waals surface area contributed by atoms with Gasteiger partial charge in [-0.05, 0) is 110 Å². The molecule has 6 heteroatoms. The molecule has 4 aliphatic rings. The molecule has 0 radical (unpaired) electrons. The second kappa shape index (κ2) is 11.7. The molecule has 4 fully saturated rings. The van der Waals surface area contributed by atoms with Crippen molar-refractivity contribution in [1.82, 2.24) is 0 Å². The third-order valence-corrected chi connectivity index (χ3v) is 13.2. The average molecular weight is 554 g/mol. The third kappa shape index (κ3) is 6.75. The summed E-state index contributed by atoms with van der Waals surface area (Å²) in [6.07, 6.45) is 15.0. The first-order valence-corrected chi connectivity index (χ1v) is 17.5.